The van der Waals surface area contributed by atoms with Crippen molar-refractivity contribution in [1.82, 2.24) is 9.78 Å². The van der Waals surface area contributed by atoms with Gasteiger partial charge in [0.2, 0.25) is 5.91 Å². The van der Waals surface area contributed by atoms with E-state index in [0.29, 0.717) is 0 Å². The predicted octanol–water partition coefficient (Wildman–Crippen LogP) is 4.30. The number of carbonyl (C=O) groups is 1. The standard InChI is InChI=1S/C25H27N3O2/c1-3-18-8-4-7-11-22(18)26-23(29)16-28-25(30)21-10-6-5-9-20(21)24(27-28)19-14-12-17(2)13-15-19/h4,7-8,11-15H,3,5-6,9-10,16H2,1-2H3,(H,26,29). The highest BCUT2D eigenvalue weighted by Crippen LogP contribution is 2.28. The number of anilines is 1. The number of carbonyl (C=O) groups excluding carboxylic acids is 1. The Balaban J connectivity index is 1.69. The van der Waals surface area contributed by atoms with Gasteiger partial charge in [-0.2, -0.15) is 5.10 Å². The topological polar surface area (TPSA) is 64.0 Å². The third-order valence-electron chi connectivity index (χ3n) is 5.76. The first-order valence-electron chi connectivity index (χ1n) is 10.6. The van der Waals surface area contributed by atoms with Gasteiger partial charge in [-0.3, -0.25) is 9.59 Å². The van der Waals surface area contributed by atoms with Crippen LogP contribution in [0.15, 0.2) is 53.3 Å². The number of hydrogen-bond donors (Lipinski definition) is 1. The minimum atomic E-state index is -0.240. The van der Waals surface area contributed by atoms with Crippen LogP contribution in [0.5, 0.6) is 0 Å². The van der Waals surface area contributed by atoms with Gasteiger partial charge in [-0.1, -0.05) is 55.0 Å². The zero-order valence-electron chi connectivity index (χ0n) is 17.6. The summed E-state index contributed by atoms with van der Waals surface area (Å²) in [4.78, 5) is 25.8. The minimum absolute atomic E-state index is 0.0942. The molecular weight excluding hydrogens is 374 g/mol. The summed E-state index contributed by atoms with van der Waals surface area (Å²) in [5.74, 6) is -0.240. The van der Waals surface area contributed by atoms with E-state index in [0.717, 1.165) is 65.7 Å². The smallest absolute Gasteiger partial charge is 0.270 e. The van der Waals surface area contributed by atoms with Crippen molar-refractivity contribution in [3.05, 3.63) is 81.1 Å². The highest BCUT2D eigenvalue weighted by Gasteiger charge is 2.22. The van der Waals surface area contributed by atoms with Crippen LogP contribution in [0.4, 0.5) is 5.69 Å². The molecule has 154 valence electrons. The molecule has 1 aliphatic carbocycles. The molecule has 0 saturated heterocycles. The Kier molecular flexibility index (Phi) is 5.79. The summed E-state index contributed by atoms with van der Waals surface area (Å²) in [5.41, 5.74) is 6.56. The Morgan fingerprint density at radius 3 is 2.47 bits per heavy atom. The van der Waals surface area contributed by atoms with E-state index in [2.05, 4.69) is 22.5 Å². The van der Waals surface area contributed by atoms with Crippen LogP contribution in [-0.2, 0) is 30.6 Å². The number of nitrogens with zero attached hydrogens (tertiary/aromatic N) is 2. The summed E-state index contributed by atoms with van der Waals surface area (Å²) in [6.07, 6.45) is 4.49. The number of fused-ring (bicyclic) bond motifs is 1. The normalized spacial score (nSPS) is 13.0. The number of benzene rings is 2. The van der Waals surface area contributed by atoms with Crippen molar-refractivity contribution in [2.24, 2.45) is 0 Å². The summed E-state index contributed by atoms with van der Waals surface area (Å²) in [7, 11) is 0. The second kappa shape index (κ2) is 8.66. The Morgan fingerprint density at radius 2 is 1.73 bits per heavy atom. The van der Waals surface area contributed by atoms with E-state index in [1.807, 2.05) is 50.2 Å². The van der Waals surface area contributed by atoms with Crippen LogP contribution in [-0.4, -0.2) is 15.7 Å². The molecular formula is C25H27N3O2. The molecule has 0 spiro atoms. The number of para-hydroxylation sites is 1. The van der Waals surface area contributed by atoms with Crippen LogP contribution >= 0.6 is 0 Å². The Labute approximate surface area is 176 Å². The molecule has 0 unspecified atom stereocenters. The molecule has 0 atom stereocenters. The zero-order chi connectivity index (χ0) is 21.1. The van der Waals surface area contributed by atoms with E-state index in [9.17, 15) is 9.59 Å². The van der Waals surface area contributed by atoms with Crippen molar-refractivity contribution in [3.8, 4) is 11.3 Å². The van der Waals surface area contributed by atoms with Gasteiger partial charge < -0.3 is 5.32 Å². The highest BCUT2D eigenvalue weighted by molar-refractivity contribution is 5.91. The number of amides is 1. The minimum Gasteiger partial charge on any atom is -0.324 e. The molecule has 1 aromatic heterocycles. The molecule has 1 aliphatic rings. The average Bonchev–Trinajstić information content (AvgIpc) is 2.77. The molecule has 1 N–H and O–H groups in total. The molecule has 1 heterocycles. The van der Waals surface area contributed by atoms with Crippen LogP contribution in [0.3, 0.4) is 0 Å². The molecule has 0 saturated carbocycles. The SMILES string of the molecule is CCc1ccccc1NC(=O)Cn1nc(-c2ccc(C)cc2)c2c(c1=O)CCCC2. The summed E-state index contributed by atoms with van der Waals surface area (Å²) in [6, 6.07) is 15.9. The van der Waals surface area contributed by atoms with Crippen LogP contribution in [0, 0.1) is 6.92 Å². The number of nitrogens with one attached hydrogen (secondary N) is 1. The molecule has 0 fully saturated rings. The molecule has 5 nitrogen and oxygen atoms in total. The van der Waals surface area contributed by atoms with Gasteiger partial charge >= 0.3 is 0 Å². The summed E-state index contributed by atoms with van der Waals surface area (Å²) in [6.45, 7) is 4.00. The number of rotatable bonds is 5. The Bertz CT molecular complexity index is 1130. The first-order chi connectivity index (χ1) is 14.6. The molecule has 0 bridgehead atoms. The van der Waals surface area contributed by atoms with Crippen molar-refractivity contribution in [2.75, 3.05) is 5.32 Å². The summed E-state index contributed by atoms with van der Waals surface area (Å²) >= 11 is 0. The fourth-order valence-corrected chi connectivity index (χ4v) is 4.11. The lowest BCUT2D eigenvalue weighted by molar-refractivity contribution is -0.117. The van der Waals surface area contributed by atoms with E-state index in [4.69, 9.17) is 0 Å². The molecule has 3 aromatic rings. The first-order valence-corrected chi connectivity index (χ1v) is 10.6. The lowest BCUT2D eigenvalue weighted by Gasteiger charge is -2.20. The fraction of sp³-hybridized carbons (Fsp3) is 0.320. The van der Waals surface area contributed by atoms with Gasteiger partial charge in [-0.25, -0.2) is 4.68 Å². The Hall–Kier alpha value is -3.21. The van der Waals surface area contributed by atoms with Gasteiger partial charge in [-0.15, -0.1) is 0 Å². The van der Waals surface area contributed by atoms with Crippen molar-refractivity contribution >= 4 is 11.6 Å². The van der Waals surface area contributed by atoms with Crippen LogP contribution < -0.4 is 10.9 Å². The number of aromatic nitrogens is 2. The highest BCUT2D eigenvalue weighted by atomic mass is 16.2. The maximum Gasteiger partial charge on any atom is 0.270 e. The Morgan fingerprint density at radius 1 is 1.03 bits per heavy atom. The maximum absolute atomic E-state index is 13.1. The molecule has 0 aliphatic heterocycles. The van der Waals surface area contributed by atoms with Gasteiger partial charge in [0.25, 0.3) is 5.56 Å². The lowest BCUT2D eigenvalue weighted by Crippen LogP contribution is -2.34. The third kappa shape index (κ3) is 4.06. The van der Waals surface area contributed by atoms with E-state index < -0.39 is 0 Å². The maximum atomic E-state index is 13.1. The number of aryl methyl sites for hydroxylation is 2. The summed E-state index contributed by atoms with van der Waals surface area (Å²) in [5, 5.41) is 7.60. The molecule has 0 radical (unpaired) electrons. The largest absolute Gasteiger partial charge is 0.324 e. The molecule has 2 aromatic carbocycles. The number of hydrogen-bond acceptors (Lipinski definition) is 3. The van der Waals surface area contributed by atoms with Crippen molar-refractivity contribution in [2.45, 2.75) is 52.5 Å². The quantitative estimate of drug-likeness (QED) is 0.693. The fourth-order valence-electron chi connectivity index (χ4n) is 4.11. The predicted molar refractivity (Wildman–Crippen MR) is 120 cm³/mol. The van der Waals surface area contributed by atoms with Gasteiger partial charge in [-0.05, 0) is 56.2 Å². The third-order valence-corrected chi connectivity index (χ3v) is 5.76. The molecule has 30 heavy (non-hydrogen) atoms. The van der Waals surface area contributed by atoms with E-state index in [1.54, 1.807) is 0 Å². The van der Waals surface area contributed by atoms with Crippen molar-refractivity contribution < 1.29 is 4.79 Å². The van der Waals surface area contributed by atoms with Gasteiger partial charge in [0, 0.05) is 16.8 Å². The van der Waals surface area contributed by atoms with Crippen LogP contribution in [0.1, 0.15) is 42.0 Å². The monoisotopic (exact) mass is 401 g/mol. The molecule has 5 heteroatoms. The van der Waals surface area contributed by atoms with Gasteiger partial charge in [0.15, 0.2) is 0 Å². The second-order valence-corrected chi connectivity index (χ2v) is 7.90. The first kappa shape index (κ1) is 20.1. The zero-order valence-corrected chi connectivity index (χ0v) is 17.6. The van der Waals surface area contributed by atoms with E-state index >= 15 is 0 Å². The van der Waals surface area contributed by atoms with Crippen molar-refractivity contribution in [1.29, 1.82) is 0 Å². The van der Waals surface area contributed by atoms with Crippen LogP contribution in [0.2, 0.25) is 0 Å². The summed E-state index contributed by atoms with van der Waals surface area (Å²) < 4.78 is 1.34. The van der Waals surface area contributed by atoms with Crippen molar-refractivity contribution in [3.63, 3.8) is 0 Å². The van der Waals surface area contributed by atoms with E-state index in [-0.39, 0.29) is 18.0 Å². The molecule has 4 rings (SSSR count). The van der Waals surface area contributed by atoms with Gasteiger partial charge in [0.1, 0.15) is 6.54 Å². The average molecular weight is 402 g/mol. The van der Waals surface area contributed by atoms with Gasteiger partial charge in [0.05, 0.1) is 5.69 Å². The lowest BCUT2D eigenvalue weighted by atomic mass is 9.89. The van der Waals surface area contributed by atoms with E-state index in [1.165, 1.54) is 10.2 Å². The van der Waals surface area contributed by atoms with Crippen LogP contribution in [0.25, 0.3) is 11.3 Å². The molecule has 1 amide bonds. The second-order valence-electron chi connectivity index (χ2n) is 7.90.